The Morgan fingerprint density at radius 1 is 1.09 bits per heavy atom. The molecular formula is C19H17NO2. The van der Waals surface area contributed by atoms with Crippen molar-refractivity contribution in [1.82, 2.24) is 0 Å². The van der Waals surface area contributed by atoms with E-state index in [9.17, 15) is 10.1 Å². The maximum Gasteiger partial charge on any atom is 0.203 e. The Morgan fingerprint density at radius 3 is 2.36 bits per heavy atom. The number of nitriles is 1. The molecule has 0 atom stereocenters. The maximum atomic E-state index is 12.4. The van der Waals surface area contributed by atoms with Crippen LogP contribution >= 0.6 is 0 Å². The number of Topliss-reactive ketones (excluding diaryl/α,β-unsaturated/α-hetero) is 1. The molecule has 0 N–H and O–H groups in total. The fourth-order valence-electron chi connectivity index (χ4n) is 2.01. The minimum atomic E-state index is -0.289. The molecule has 0 saturated heterocycles. The third-order valence-corrected chi connectivity index (χ3v) is 2.98. The number of allylic oxidation sites excluding steroid dienone is 1. The number of ether oxygens (including phenoxy) is 1. The van der Waals surface area contributed by atoms with Crippen LogP contribution in [0.5, 0.6) is 5.75 Å². The highest BCUT2D eigenvalue weighted by atomic mass is 16.5. The van der Waals surface area contributed by atoms with Crippen LogP contribution in [0.25, 0.3) is 6.08 Å². The minimum Gasteiger partial charge on any atom is -0.490 e. The van der Waals surface area contributed by atoms with Crippen LogP contribution in [0.4, 0.5) is 0 Å². The van der Waals surface area contributed by atoms with Gasteiger partial charge in [-0.15, -0.1) is 0 Å². The summed E-state index contributed by atoms with van der Waals surface area (Å²) >= 11 is 0. The summed E-state index contributed by atoms with van der Waals surface area (Å²) in [7, 11) is 0. The van der Waals surface area contributed by atoms with E-state index in [1.54, 1.807) is 30.3 Å². The third-order valence-electron chi connectivity index (χ3n) is 2.98. The van der Waals surface area contributed by atoms with Gasteiger partial charge >= 0.3 is 0 Å². The van der Waals surface area contributed by atoms with E-state index in [0.29, 0.717) is 11.3 Å². The zero-order valence-electron chi connectivity index (χ0n) is 12.6. The summed E-state index contributed by atoms with van der Waals surface area (Å²) in [5, 5.41) is 9.31. The quantitative estimate of drug-likeness (QED) is 0.470. The monoisotopic (exact) mass is 291 g/mol. The molecule has 0 bridgehead atoms. The second kappa shape index (κ2) is 7.24. The van der Waals surface area contributed by atoms with Crippen LogP contribution < -0.4 is 4.74 Å². The van der Waals surface area contributed by atoms with Gasteiger partial charge in [-0.05, 0) is 26.0 Å². The van der Waals surface area contributed by atoms with Gasteiger partial charge in [-0.2, -0.15) is 5.26 Å². The predicted molar refractivity (Wildman–Crippen MR) is 86.6 cm³/mol. The lowest BCUT2D eigenvalue weighted by Crippen LogP contribution is -2.07. The Hall–Kier alpha value is -2.86. The van der Waals surface area contributed by atoms with Crippen molar-refractivity contribution in [3.63, 3.8) is 0 Å². The molecule has 0 aliphatic carbocycles. The number of hydrogen-bond donors (Lipinski definition) is 0. The van der Waals surface area contributed by atoms with Gasteiger partial charge < -0.3 is 4.74 Å². The van der Waals surface area contributed by atoms with E-state index in [2.05, 4.69) is 0 Å². The molecule has 0 heterocycles. The van der Waals surface area contributed by atoms with E-state index in [0.717, 1.165) is 5.56 Å². The first-order valence-corrected chi connectivity index (χ1v) is 7.09. The summed E-state index contributed by atoms with van der Waals surface area (Å²) in [5.41, 5.74) is 1.31. The van der Waals surface area contributed by atoms with Gasteiger partial charge in [-0.1, -0.05) is 48.5 Å². The van der Waals surface area contributed by atoms with E-state index in [1.165, 1.54) is 0 Å². The number of ketones is 1. The molecule has 0 amide bonds. The fraction of sp³-hybridized carbons (Fsp3) is 0.158. The molecule has 3 heteroatoms. The average molecular weight is 291 g/mol. The normalized spacial score (nSPS) is 11.1. The van der Waals surface area contributed by atoms with Crippen LogP contribution in [0.2, 0.25) is 0 Å². The van der Waals surface area contributed by atoms with Crippen LogP contribution in [0.3, 0.4) is 0 Å². The minimum absolute atomic E-state index is 0.0184. The number of carbonyl (C=O) groups is 1. The number of hydrogen-bond acceptors (Lipinski definition) is 3. The Bertz CT molecular complexity index is 725. The Kier molecular flexibility index (Phi) is 5.11. The average Bonchev–Trinajstić information content (AvgIpc) is 2.53. The lowest BCUT2D eigenvalue weighted by atomic mass is 10.0. The fourth-order valence-corrected chi connectivity index (χ4v) is 2.01. The molecule has 2 rings (SSSR count). The van der Waals surface area contributed by atoms with Crippen molar-refractivity contribution >= 4 is 11.9 Å². The molecule has 22 heavy (non-hydrogen) atoms. The van der Waals surface area contributed by atoms with E-state index in [-0.39, 0.29) is 17.5 Å². The highest BCUT2D eigenvalue weighted by Crippen LogP contribution is 2.23. The first kappa shape index (κ1) is 15.5. The molecule has 3 nitrogen and oxygen atoms in total. The molecule has 0 aliphatic rings. The van der Waals surface area contributed by atoms with Crippen LogP contribution in [-0.4, -0.2) is 11.9 Å². The van der Waals surface area contributed by atoms with Gasteiger partial charge in [0.25, 0.3) is 0 Å². The van der Waals surface area contributed by atoms with Crippen LogP contribution in [0, 0.1) is 11.3 Å². The molecular weight excluding hydrogens is 274 g/mol. The lowest BCUT2D eigenvalue weighted by Gasteiger charge is -2.12. The highest BCUT2D eigenvalue weighted by molar-refractivity contribution is 6.14. The van der Waals surface area contributed by atoms with Gasteiger partial charge in [0.2, 0.25) is 5.78 Å². The molecule has 110 valence electrons. The van der Waals surface area contributed by atoms with E-state index in [1.807, 2.05) is 50.2 Å². The van der Waals surface area contributed by atoms with Crippen molar-refractivity contribution in [3.8, 4) is 11.8 Å². The highest BCUT2D eigenvalue weighted by Gasteiger charge is 2.13. The Balaban J connectivity index is 2.38. The van der Waals surface area contributed by atoms with Crippen LogP contribution in [-0.2, 0) is 0 Å². The van der Waals surface area contributed by atoms with Crippen molar-refractivity contribution in [2.24, 2.45) is 0 Å². The number of carbonyl (C=O) groups excluding carboxylic acids is 1. The SMILES string of the molecule is CC(C)Oc1ccccc1C=C(C#N)C(=O)c1ccccc1. The smallest absolute Gasteiger partial charge is 0.203 e. The largest absolute Gasteiger partial charge is 0.490 e. The standard InChI is InChI=1S/C19H17NO2/c1-14(2)22-18-11-7-6-10-16(18)12-17(13-20)19(21)15-8-4-3-5-9-15/h3-12,14H,1-2H3. The molecule has 0 aromatic heterocycles. The molecule has 0 fully saturated rings. The zero-order valence-corrected chi connectivity index (χ0v) is 12.6. The van der Waals surface area contributed by atoms with Gasteiger partial charge in [0, 0.05) is 11.1 Å². The van der Waals surface area contributed by atoms with Crippen molar-refractivity contribution < 1.29 is 9.53 Å². The summed E-state index contributed by atoms with van der Waals surface area (Å²) < 4.78 is 5.71. The van der Waals surface area contributed by atoms with E-state index >= 15 is 0 Å². The number of rotatable bonds is 5. The number of nitrogens with zero attached hydrogens (tertiary/aromatic N) is 1. The second-order valence-corrected chi connectivity index (χ2v) is 5.07. The van der Waals surface area contributed by atoms with Crippen molar-refractivity contribution in [1.29, 1.82) is 5.26 Å². The maximum absolute atomic E-state index is 12.4. The summed E-state index contributed by atoms with van der Waals surface area (Å²) in [4.78, 5) is 12.4. The van der Waals surface area contributed by atoms with Gasteiger partial charge in [-0.25, -0.2) is 0 Å². The Morgan fingerprint density at radius 2 is 1.73 bits per heavy atom. The van der Waals surface area contributed by atoms with Crippen molar-refractivity contribution in [2.45, 2.75) is 20.0 Å². The first-order valence-electron chi connectivity index (χ1n) is 7.09. The summed E-state index contributed by atoms with van der Waals surface area (Å²) in [6.07, 6.45) is 1.59. The van der Waals surface area contributed by atoms with Crippen LogP contribution in [0.1, 0.15) is 29.8 Å². The van der Waals surface area contributed by atoms with Gasteiger partial charge in [-0.3, -0.25) is 4.79 Å². The van der Waals surface area contributed by atoms with Crippen molar-refractivity contribution in [2.75, 3.05) is 0 Å². The second-order valence-electron chi connectivity index (χ2n) is 5.07. The van der Waals surface area contributed by atoms with Crippen LogP contribution in [0.15, 0.2) is 60.2 Å². The van der Waals surface area contributed by atoms with Gasteiger partial charge in [0.1, 0.15) is 17.4 Å². The van der Waals surface area contributed by atoms with Gasteiger partial charge in [0.15, 0.2) is 0 Å². The molecule has 0 spiro atoms. The Labute approximate surface area is 130 Å². The molecule has 0 unspecified atom stereocenters. The summed E-state index contributed by atoms with van der Waals surface area (Å²) in [6, 6.07) is 18.1. The molecule has 0 radical (unpaired) electrons. The summed E-state index contributed by atoms with van der Waals surface area (Å²) in [5.74, 6) is 0.369. The van der Waals surface area contributed by atoms with Gasteiger partial charge in [0.05, 0.1) is 6.10 Å². The third kappa shape index (κ3) is 3.83. The topological polar surface area (TPSA) is 50.1 Å². The number of para-hydroxylation sites is 1. The van der Waals surface area contributed by atoms with E-state index in [4.69, 9.17) is 4.74 Å². The summed E-state index contributed by atoms with van der Waals surface area (Å²) in [6.45, 7) is 3.86. The molecule has 2 aromatic rings. The lowest BCUT2D eigenvalue weighted by molar-refractivity contribution is 0.104. The molecule has 2 aromatic carbocycles. The predicted octanol–water partition coefficient (Wildman–Crippen LogP) is 4.26. The zero-order chi connectivity index (χ0) is 15.9. The molecule has 0 aliphatic heterocycles. The number of benzene rings is 2. The molecule has 0 saturated carbocycles. The van der Waals surface area contributed by atoms with Crippen molar-refractivity contribution in [3.05, 3.63) is 71.3 Å². The first-order chi connectivity index (χ1) is 10.6. The van der Waals surface area contributed by atoms with E-state index < -0.39 is 0 Å².